The van der Waals surface area contributed by atoms with Crippen molar-refractivity contribution in [3.63, 3.8) is 0 Å². The first kappa shape index (κ1) is 12.5. The minimum absolute atomic E-state index is 0.104. The highest BCUT2D eigenvalue weighted by Gasteiger charge is 2.34. The van der Waals surface area contributed by atoms with Crippen LogP contribution in [0.3, 0.4) is 0 Å². The monoisotopic (exact) mass is 252 g/mol. The maximum absolute atomic E-state index is 11.6. The highest BCUT2D eigenvalue weighted by Crippen LogP contribution is 2.30. The molecule has 0 amide bonds. The summed E-state index contributed by atoms with van der Waals surface area (Å²) in [4.78, 5) is 11.6. The quantitative estimate of drug-likeness (QED) is 0.832. The van der Waals surface area contributed by atoms with Gasteiger partial charge in [-0.2, -0.15) is 11.8 Å². The highest BCUT2D eigenvalue weighted by molar-refractivity contribution is 7.99. The number of carbonyl (C=O) groups excluding carboxylic acids is 1. The van der Waals surface area contributed by atoms with Crippen LogP contribution in [0.4, 0.5) is 0 Å². The number of ether oxygens (including phenoxy) is 1. The predicted octanol–water partition coefficient (Wildman–Crippen LogP) is 1.99. The second kappa shape index (κ2) is 5.56. The van der Waals surface area contributed by atoms with E-state index < -0.39 is 5.60 Å². The van der Waals surface area contributed by atoms with Crippen LogP contribution in [0.25, 0.3) is 0 Å². The van der Waals surface area contributed by atoms with Gasteiger partial charge in [0.2, 0.25) is 0 Å². The lowest BCUT2D eigenvalue weighted by atomic mass is 10.00. The molecule has 0 saturated carbocycles. The van der Waals surface area contributed by atoms with Gasteiger partial charge in [-0.25, -0.2) is 0 Å². The smallest absolute Gasteiger partial charge is 0.309 e. The van der Waals surface area contributed by atoms with Gasteiger partial charge in [-0.1, -0.05) is 30.3 Å². The molecule has 0 spiro atoms. The average molecular weight is 252 g/mol. The molecule has 2 rings (SSSR count). The Morgan fingerprint density at radius 3 is 2.82 bits per heavy atom. The van der Waals surface area contributed by atoms with Gasteiger partial charge in [-0.15, -0.1) is 0 Å². The van der Waals surface area contributed by atoms with Gasteiger partial charge in [0.25, 0.3) is 0 Å². The van der Waals surface area contributed by atoms with E-state index in [1.807, 2.05) is 30.3 Å². The van der Waals surface area contributed by atoms with Crippen molar-refractivity contribution in [1.82, 2.24) is 0 Å². The Kier molecular flexibility index (Phi) is 4.07. The van der Waals surface area contributed by atoms with E-state index in [4.69, 9.17) is 4.74 Å². The van der Waals surface area contributed by atoms with Crippen molar-refractivity contribution in [3.05, 3.63) is 35.9 Å². The third-order valence-electron chi connectivity index (χ3n) is 2.80. The van der Waals surface area contributed by atoms with Crippen molar-refractivity contribution < 1.29 is 14.6 Å². The SMILES string of the molecule is O=C(CC1(O)CCSC1)OCc1ccccc1. The summed E-state index contributed by atoms with van der Waals surface area (Å²) < 4.78 is 5.15. The van der Waals surface area contributed by atoms with E-state index >= 15 is 0 Å². The van der Waals surface area contributed by atoms with Crippen molar-refractivity contribution in [2.45, 2.75) is 25.0 Å². The molecule has 1 atom stereocenters. The molecule has 17 heavy (non-hydrogen) atoms. The van der Waals surface area contributed by atoms with Crippen LogP contribution in [0.15, 0.2) is 30.3 Å². The number of benzene rings is 1. The Morgan fingerprint density at radius 1 is 1.41 bits per heavy atom. The standard InChI is InChI=1S/C13H16O3S/c14-12(8-13(15)6-7-17-10-13)16-9-11-4-2-1-3-5-11/h1-5,15H,6-10H2. The molecule has 1 aliphatic rings. The third-order valence-corrected chi connectivity index (χ3v) is 4.03. The molecule has 1 saturated heterocycles. The summed E-state index contributed by atoms with van der Waals surface area (Å²) in [5.74, 6) is 1.23. The molecular formula is C13H16O3S. The summed E-state index contributed by atoms with van der Waals surface area (Å²) in [6.07, 6.45) is 0.783. The van der Waals surface area contributed by atoms with Crippen molar-refractivity contribution in [3.8, 4) is 0 Å². The average Bonchev–Trinajstić information content (AvgIpc) is 2.74. The van der Waals surface area contributed by atoms with E-state index in [0.717, 1.165) is 11.3 Å². The molecule has 1 fully saturated rings. The van der Waals surface area contributed by atoms with E-state index in [1.54, 1.807) is 11.8 Å². The summed E-state index contributed by atoms with van der Waals surface area (Å²) >= 11 is 1.68. The van der Waals surface area contributed by atoms with Crippen molar-refractivity contribution in [2.24, 2.45) is 0 Å². The molecule has 1 heterocycles. The normalized spacial score (nSPS) is 23.6. The number of aliphatic hydroxyl groups is 1. The topological polar surface area (TPSA) is 46.5 Å². The molecule has 0 bridgehead atoms. The van der Waals surface area contributed by atoms with Crippen LogP contribution in [0.5, 0.6) is 0 Å². The Balaban J connectivity index is 1.78. The number of carbonyl (C=O) groups is 1. The molecule has 1 aromatic rings. The second-order valence-corrected chi connectivity index (χ2v) is 5.46. The van der Waals surface area contributed by atoms with Gasteiger partial charge in [0.05, 0.1) is 12.0 Å². The summed E-state index contributed by atoms with van der Waals surface area (Å²) in [6.45, 7) is 0.281. The Bertz CT molecular complexity index is 372. The predicted molar refractivity (Wildman–Crippen MR) is 67.7 cm³/mol. The fourth-order valence-corrected chi connectivity index (χ4v) is 3.09. The third kappa shape index (κ3) is 3.75. The molecule has 4 heteroatoms. The van der Waals surface area contributed by atoms with Crippen LogP contribution in [-0.2, 0) is 16.1 Å². The van der Waals surface area contributed by atoms with Crippen LogP contribution in [0, 0.1) is 0 Å². The highest BCUT2D eigenvalue weighted by atomic mass is 32.2. The molecule has 1 aliphatic heterocycles. The molecule has 0 aliphatic carbocycles. The zero-order chi connectivity index (χ0) is 12.1. The van der Waals surface area contributed by atoms with Crippen LogP contribution >= 0.6 is 11.8 Å². The van der Waals surface area contributed by atoms with Gasteiger partial charge in [0.1, 0.15) is 6.61 Å². The summed E-state index contributed by atoms with van der Waals surface area (Å²) in [7, 11) is 0. The largest absolute Gasteiger partial charge is 0.461 e. The molecule has 0 aromatic heterocycles. The van der Waals surface area contributed by atoms with Crippen LogP contribution in [0.1, 0.15) is 18.4 Å². The molecular weight excluding hydrogens is 236 g/mol. The number of thioether (sulfide) groups is 1. The number of hydrogen-bond acceptors (Lipinski definition) is 4. The zero-order valence-corrected chi connectivity index (χ0v) is 10.4. The van der Waals surface area contributed by atoms with E-state index in [9.17, 15) is 9.90 Å². The maximum Gasteiger partial charge on any atom is 0.309 e. The van der Waals surface area contributed by atoms with E-state index in [2.05, 4.69) is 0 Å². The maximum atomic E-state index is 11.6. The fraction of sp³-hybridized carbons (Fsp3) is 0.462. The van der Waals surface area contributed by atoms with Gasteiger partial charge in [-0.05, 0) is 17.7 Å². The summed E-state index contributed by atoms with van der Waals surface area (Å²) in [6, 6.07) is 9.55. The summed E-state index contributed by atoms with van der Waals surface area (Å²) in [5.41, 5.74) is 0.118. The van der Waals surface area contributed by atoms with Crippen molar-refractivity contribution in [1.29, 1.82) is 0 Å². The van der Waals surface area contributed by atoms with Crippen molar-refractivity contribution >= 4 is 17.7 Å². The van der Waals surface area contributed by atoms with Gasteiger partial charge in [0, 0.05) is 5.75 Å². The fourth-order valence-electron chi connectivity index (χ4n) is 1.79. The first-order chi connectivity index (χ1) is 8.18. The molecule has 3 nitrogen and oxygen atoms in total. The Hall–Kier alpha value is -1.00. The van der Waals surface area contributed by atoms with Crippen LogP contribution in [-0.4, -0.2) is 28.2 Å². The zero-order valence-electron chi connectivity index (χ0n) is 9.59. The molecule has 1 N–H and O–H groups in total. The second-order valence-electron chi connectivity index (χ2n) is 4.35. The number of hydrogen-bond donors (Lipinski definition) is 1. The number of rotatable bonds is 4. The van der Waals surface area contributed by atoms with Gasteiger partial charge in [0.15, 0.2) is 0 Å². The van der Waals surface area contributed by atoms with Crippen LogP contribution in [0.2, 0.25) is 0 Å². The van der Waals surface area contributed by atoms with Gasteiger partial charge >= 0.3 is 5.97 Å². The minimum Gasteiger partial charge on any atom is -0.461 e. The Morgan fingerprint density at radius 2 is 2.18 bits per heavy atom. The van der Waals surface area contributed by atoms with Crippen molar-refractivity contribution in [2.75, 3.05) is 11.5 Å². The lowest BCUT2D eigenvalue weighted by molar-refractivity contribution is -0.149. The lowest BCUT2D eigenvalue weighted by Crippen LogP contribution is -2.32. The summed E-state index contributed by atoms with van der Waals surface area (Å²) in [5, 5.41) is 10.0. The first-order valence-electron chi connectivity index (χ1n) is 5.68. The van der Waals surface area contributed by atoms with Crippen LogP contribution < -0.4 is 0 Å². The first-order valence-corrected chi connectivity index (χ1v) is 6.83. The molecule has 1 aromatic carbocycles. The molecule has 0 radical (unpaired) electrons. The molecule has 92 valence electrons. The molecule has 1 unspecified atom stereocenters. The number of esters is 1. The van der Waals surface area contributed by atoms with E-state index in [0.29, 0.717) is 12.2 Å². The van der Waals surface area contributed by atoms with E-state index in [1.165, 1.54) is 0 Å². The van der Waals surface area contributed by atoms with Gasteiger partial charge in [-0.3, -0.25) is 4.79 Å². The van der Waals surface area contributed by atoms with Gasteiger partial charge < -0.3 is 9.84 Å². The Labute approximate surface area is 105 Å². The minimum atomic E-state index is -0.849. The van der Waals surface area contributed by atoms with E-state index in [-0.39, 0.29) is 19.0 Å². The lowest BCUT2D eigenvalue weighted by Gasteiger charge is -2.19.